The summed E-state index contributed by atoms with van der Waals surface area (Å²) < 4.78 is 22.4. The molecule has 7 heteroatoms. The van der Waals surface area contributed by atoms with Crippen LogP contribution in [0.2, 0.25) is 0 Å². The number of nitrogens with one attached hydrogen (secondary N) is 1. The number of benzene rings is 2. The van der Waals surface area contributed by atoms with Gasteiger partial charge in [-0.05, 0) is 74.1 Å². The smallest absolute Gasteiger partial charge is 0.174 e. The standard InChI is InChI=1S/C27H25FN4OS/c1-17-16-19(18(2)31(17)22-12-5-4-10-20(22)28)26-25(21-11-8-9-15-29-21)30-27(34)32(26)23-13-6-7-14-24(23)33-3/h4-16,25-26H,1-3H3,(H,30,34)/t25-,26+/m1/s1. The first kappa shape index (κ1) is 22.1. The Morgan fingerprint density at radius 3 is 2.38 bits per heavy atom. The van der Waals surface area contributed by atoms with E-state index in [9.17, 15) is 4.39 Å². The lowest BCUT2D eigenvalue weighted by atomic mass is 9.96. The monoisotopic (exact) mass is 472 g/mol. The highest BCUT2D eigenvalue weighted by Gasteiger charge is 2.43. The highest BCUT2D eigenvalue weighted by Crippen LogP contribution is 2.46. The Balaban J connectivity index is 1.72. The minimum Gasteiger partial charge on any atom is -0.495 e. The maximum absolute atomic E-state index is 14.8. The number of ether oxygens (including phenoxy) is 1. The second-order valence-electron chi connectivity index (χ2n) is 8.28. The fourth-order valence-electron chi connectivity index (χ4n) is 4.85. The number of methoxy groups -OCH3 is 1. The fourth-order valence-corrected chi connectivity index (χ4v) is 5.19. The maximum atomic E-state index is 14.8. The van der Waals surface area contributed by atoms with Gasteiger partial charge in [-0.3, -0.25) is 4.98 Å². The van der Waals surface area contributed by atoms with E-state index in [1.54, 1.807) is 25.4 Å². The van der Waals surface area contributed by atoms with Crippen molar-refractivity contribution in [1.29, 1.82) is 0 Å². The summed E-state index contributed by atoms with van der Waals surface area (Å²) in [5, 5.41) is 4.07. The Kier molecular flexibility index (Phi) is 5.79. The van der Waals surface area contributed by atoms with Crippen LogP contribution in [0.25, 0.3) is 5.69 Å². The zero-order valence-electron chi connectivity index (χ0n) is 19.2. The number of halogens is 1. The predicted molar refractivity (Wildman–Crippen MR) is 136 cm³/mol. The van der Waals surface area contributed by atoms with Crippen LogP contribution in [-0.4, -0.2) is 21.8 Å². The summed E-state index contributed by atoms with van der Waals surface area (Å²) in [6.45, 7) is 4.01. The molecule has 4 aromatic rings. The predicted octanol–water partition coefficient (Wildman–Crippen LogP) is 5.81. The van der Waals surface area contributed by atoms with Crippen molar-refractivity contribution in [2.24, 2.45) is 0 Å². The molecule has 1 fully saturated rings. The molecule has 0 unspecified atom stereocenters. The van der Waals surface area contributed by atoms with Gasteiger partial charge in [0, 0.05) is 17.6 Å². The quantitative estimate of drug-likeness (QED) is 0.371. The van der Waals surface area contributed by atoms with Gasteiger partial charge >= 0.3 is 0 Å². The molecule has 0 bridgehead atoms. The molecular weight excluding hydrogens is 447 g/mol. The Bertz CT molecular complexity index is 1350. The van der Waals surface area contributed by atoms with Crippen LogP contribution in [0.5, 0.6) is 5.75 Å². The Morgan fingerprint density at radius 1 is 0.971 bits per heavy atom. The molecule has 172 valence electrons. The molecule has 0 radical (unpaired) electrons. The normalized spacial score (nSPS) is 17.6. The number of pyridine rings is 1. The summed E-state index contributed by atoms with van der Waals surface area (Å²) in [6.07, 6.45) is 1.78. The van der Waals surface area contributed by atoms with E-state index in [0.717, 1.165) is 34.1 Å². The largest absolute Gasteiger partial charge is 0.495 e. The molecular formula is C27H25FN4OS. The molecule has 1 aliphatic heterocycles. The lowest BCUT2D eigenvalue weighted by Crippen LogP contribution is -2.30. The van der Waals surface area contributed by atoms with Gasteiger partial charge in [0.1, 0.15) is 11.6 Å². The third-order valence-electron chi connectivity index (χ3n) is 6.33. The Hall–Kier alpha value is -3.71. The van der Waals surface area contributed by atoms with Crippen LogP contribution < -0.4 is 15.0 Å². The van der Waals surface area contributed by atoms with E-state index in [2.05, 4.69) is 21.3 Å². The summed E-state index contributed by atoms with van der Waals surface area (Å²) in [6, 6.07) is 22.2. The molecule has 34 heavy (non-hydrogen) atoms. The molecule has 3 heterocycles. The first-order valence-corrected chi connectivity index (χ1v) is 11.5. The van der Waals surface area contributed by atoms with E-state index >= 15 is 0 Å². The minimum absolute atomic E-state index is 0.201. The van der Waals surface area contributed by atoms with Crippen molar-refractivity contribution in [2.45, 2.75) is 25.9 Å². The molecule has 2 aromatic carbocycles. The van der Waals surface area contributed by atoms with E-state index in [-0.39, 0.29) is 17.9 Å². The number of thiocarbonyl (C=S) groups is 1. The van der Waals surface area contributed by atoms with Gasteiger partial charge in [0.25, 0.3) is 0 Å². The maximum Gasteiger partial charge on any atom is 0.174 e. The third-order valence-corrected chi connectivity index (χ3v) is 6.64. The van der Waals surface area contributed by atoms with Crippen LogP contribution in [0, 0.1) is 19.7 Å². The highest BCUT2D eigenvalue weighted by atomic mass is 32.1. The molecule has 2 aromatic heterocycles. The van der Waals surface area contributed by atoms with E-state index in [0.29, 0.717) is 10.8 Å². The van der Waals surface area contributed by atoms with Gasteiger partial charge in [0.2, 0.25) is 0 Å². The minimum atomic E-state index is -0.265. The number of anilines is 1. The van der Waals surface area contributed by atoms with Crippen molar-refractivity contribution in [1.82, 2.24) is 14.9 Å². The second-order valence-corrected chi connectivity index (χ2v) is 8.67. The molecule has 1 aliphatic rings. The van der Waals surface area contributed by atoms with Crippen molar-refractivity contribution < 1.29 is 9.13 Å². The lowest BCUT2D eigenvalue weighted by molar-refractivity contribution is 0.414. The summed E-state index contributed by atoms with van der Waals surface area (Å²) in [5.74, 6) is 0.458. The van der Waals surface area contributed by atoms with Crippen LogP contribution in [0.3, 0.4) is 0 Å². The topological polar surface area (TPSA) is 42.3 Å². The number of para-hydroxylation sites is 3. The third kappa shape index (κ3) is 3.62. The second kappa shape index (κ2) is 8.91. The van der Waals surface area contributed by atoms with Gasteiger partial charge < -0.3 is 19.5 Å². The number of rotatable bonds is 5. The number of aromatic nitrogens is 2. The molecule has 5 rings (SSSR count). The SMILES string of the molecule is COc1ccccc1N1C(=S)N[C@H](c2ccccn2)[C@@H]1c1cc(C)n(-c2ccccc2F)c1C. The van der Waals surface area contributed by atoms with Crippen molar-refractivity contribution in [3.05, 3.63) is 107 Å². The van der Waals surface area contributed by atoms with Crippen molar-refractivity contribution in [2.75, 3.05) is 12.0 Å². The molecule has 1 saturated heterocycles. The number of aryl methyl sites for hydroxylation is 1. The van der Waals surface area contributed by atoms with Gasteiger partial charge in [-0.2, -0.15) is 0 Å². The first-order valence-electron chi connectivity index (χ1n) is 11.1. The Labute approximate surface area is 203 Å². The van der Waals surface area contributed by atoms with Gasteiger partial charge in [-0.1, -0.05) is 30.3 Å². The van der Waals surface area contributed by atoms with Gasteiger partial charge in [-0.15, -0.1) is 0 Å². The average Bonchev–Trinajstić information content (AvgIpc) is 3.35. The van der Waals surface area contributed by atoms with Crippen molar-refractivity contribution in [3.63, 3.8) is 0 Å². The summed E-state index contributed by atoms with van der Waals surface area (Å²) in [7, 11) is 1.65. The van der Waals surface area contributed by atoms with E-state index < -0.39 is 0 Å². The van der Waals surface area contributed by atoms with Gasteiger partial charge in [-0.25, -0.2) is 4.39 Å². The lowest BCUT2D eigenvalue weighted by Gasteiger charge is -2.29. The molecule has 0 saturated carbocycles. The summed E-state index contributed by atoms with van der Waals surface area (Å²) in [5.41, 5.74) is 5.19. The van der Waals surface area contributed by atoms with Gasteiger partial charge in [0.05, 0.1) is 36.3 Å². The van der Waals surface area contributed by atoms with Crippen LogP contribution in [-0.2, 0) is 0 Å². The fraction of sp³-hybridized carbons (Fsp3) is 0.185. The van der Waals surface area contributed by atoms with Crippen LogP contribution in [0.1, 0.15) is 34.7 Å². The number of hydrogen-bond donors (Lipinski definition) is 1. The number of hydrogen-bond acceptors (Lipinski definition) is 3. The van der Waals surface area contributed by atoms with E-state index in [1.165, 1.54) is 6.07 Å². The zero-order valence-corrected chi connectivity index (χ0v) is 20.0. The van der Waals surface area contributed by atoms with Crippen molar-refractivity contribution >= 4 is 23.0 Å². The number of nitrogens with zero attached hydrogens (tertiary/aromatic N) is 3. The summed E-state index contributed by atoms with van der Waals surface area (Å²) >= 11 is 5.85. The molecule has 0 aliphatic carbocycles. The molecule has 2 atom stereocenters. The molecule has 0 spiro atoms. The van der Waals surface area contributed by atoms with Crippen LogP contribution in [0.15, 0.2) is 79.0 Å². The molecule has 1 N–H and O–H groups in total. The van der Waals surface area contributed by atoms with E-state index in [4.69, 9.17) is 17.0 Å². The first-order chi connectivity index (χ1) is 16.5. The average molecular weight is 473 g/mol. The Morgan fingerprint density at radius 2 is 1.68 bits per heavy atom. The van der Waals surface area contributed by atoms with Crippen LogP contribution in [0.4, 0.5) is 10.1 Å². The van der Waals surface area contributed by atoms with Crippen molar-refractivity contribution in [3.8, 4) is 11.4 Å². The molecule has 5 nitrogen and oxygen atoms in total. The zero-order chi connectivity index (χ0) is 23.8. The molecule has 0 amide bonds. The van der Waals surface area contributed by atoms with Gasteiger partial charge in [0.15, 0.2) is 5.11 Å². The summed E-state index contributed by atoms with van der Waals surface area (Å²) in [4.78, 5) is 6.71. The highest BCUT2D eigenvalue weighted by molar-refractivity contribution is 7.80. The van der Waals surface area contributed by atoms with Crippen LogP contribution >= 0.6 is 12.2 Å². The van der Waals surface area contributed by atoms with E-state index in [1.807, 2.05) is 66.9 Å².